The Morgan fingerprint density at radius 1 is 1.86 bits per heavy atom. The lowest BCUT2D eigenvalue weighted by atomic mass is 10.4. The van der Waals surface area contributed by atoms with Crippen LogP contribution in [-0.4, -0.2) is 16.5 Å². The number of carbonyl (C=O) groups is 1. The molecule has 0 fully saturated rings. The lowest BCUT2D eigenvalue weighted by Gasteiger charge is -1.99. The molecule has 0 saturated carbocycles. The third-order valence-corrected chi connectivity index (χ3v) is 1.92. The monoisotopic (exact) mass is 184 g/mol. The normalized spacial score (nSPS) is 18.1. The first-order chi connectivity index (χ1) is 3.18. The van der Waals surface area contributed by atoms with Crippen LogP contribution >= 0.6 is 27.5 Å². The van der Waals surface area contributed by atoms with Crippen LogP contribution in [0.3, 0.4) is 0 Å². The van der Waals surface area contributed by atoms with Gasteiger partial charge in [-0.05, 0) is 0 Å². The summed E-state index contributed by atoms with van der Waals surface area (Å²) >= 11 is 8.52. The van der Waals surface area contributed by atoms with Crippen molar-refractivity contribution in [3.05, 3.63) is 0 Å². The van der Waals surface area contributed by atoms with Gasteiger partial charge in [-0.3, -0.25) is 0 Å². The molecule has 3 heteroatoms. The van der Waals surface area contributed by atoms with Crippen molar-refractivity contribution in [2.45, 2.75) is 17.1 Å². The van der Waals surface area contributed by atoms with E-state index in [0.29, 0.717) is 6.29 Å². The van der Waals surface area contributed by atoms with E-state index in [-0.39, 0.29) is 10.2 Å². The summed E-state index contributed by atoms with van der Waals surface area (Å²) in [6, 6.07) is 0. The second-order valence-electron chi connectivity index (χ2n) is 1.26. The molecule has 0 aromatic carbocycles. The zero-order chi connectivity index (χ0) is 5.86. The Morgan fingerprint density at radius 3 is 2.29 bits per heavy atom. The second-order valence-corrected chi connectivity index (χ2v) is 3.21. The maximum Gasteiger partial charge on any atom is 0.138 e. The molecule has 0 radical (unpaired) electrons. The number of rotatable bonds is 2. The average Bonchev–Trinajstić information content (AvgIpc) is 1.65. The largest absolute Gasteiger partial charge is 0.302 e. The van der Waals surface area contributed by atoms with Crippen LogP contribution in [0.1, 0.15) is 6.92 Å². The Labute approximate surface area is 56.2 Å². The summed E-state index contributed by atoms with van der Waals surface area (Å²) in [6.45, 7) is 1.83. The highest BCUT2D eigenvalue weighted by molar-refractivity contribution is 9.09. The molecule has 7 heavy (non-hydrogen) atoms. The lowest BCUT2D eigenvalue weighted by Crippen LogP contribution is -2.10. The smallest absolute Gasteiger partial charge is 0.138 e. The van der Waals surface area contributed by atoms with Crippen molar-refractivity contribution in [2.75, 3.05) is 0 Å². The third-order valence-electron chi connectivity index (χ3n) is 0.569. The highest BCUT2D eigenvalue weighted by Gasteiger charge is 2.07. The fourth-order valence-electron chi connectivity index (χ4n) is 0.108. The summed E-state index contributed by atoms with van der Waals surface area (Å²) in [6.07, 6.45) is 0.709. The quantitative estimate of drug-likeness (QED) is 0.471. The van der Waals surface area contributed by atoms with Crippen molar-refractivity contribution in [1.82, 2.24) is 0 Å². The number of hydrogen-bond donors (Lipinski definition) is 0. The fraction of sp³-hybridized carbons (Fsp3) is 0.750. The van der Waals surface area contributed by atoms with E-state index in [1.807, 2.05) is 6.92 Å². The van der Waals surface area contributed by atoms with Gasteiger partial charge >= 0.3 is 0 Å². The van der Waals surface area contributed by atoms with Crippen LogP contribution in [0.4, 0.5) is 0 Å². The molecule has 0 heterocycles. The second kappa shape index (κ2) is 3.44. The van der Waals surface area contributed by atoms with Crippen LogP contribution in [0.2, 0.25) is 0 Å². The Morgan fingerprint density at radius 2 is 2.29 bits per heavy atom. The van der Waals surface area contributed by atoms with Crippen molar-refractivity contribution in [1.29, 1.82) is 0 Å². The molecular weight excluding hydrogens is 179 g/mol. The van der Waals surface area contributed by atoms with Gasteiger partial charge in [0.15, 0.2) is 0 Å². The van der Waals surface area contributed by atoms with Crippen molar-refractivity contribution >= 4 is 33.8 Å². The van der Waals surface area contributed by atoms with Crippen molar-refractivity contribution in [3.8, 4) is 0 Å². The average molecular weight is 185 g/mol. The van der Waals surface area contributed by atoms with E-state index in [9.17, 15) is 4.79 Å². The predicted molar refractivity (Wildman–Crippen MR) is 34.1 cm³/mol. The molecule has 0 aromatic heterocycles. The highest BCUT2D eigenvalue weighted by atomic mass is 79.9. The summed E-state index contributed by atoms with van der Waals surface area (Å²) < 4.78 is 0. The summed E-state index contributed by atoms with van der Waals surface area (Å²) in [7, 11) is 0. The van der Waals surface area contributed by atoms with Gasteiger partial charge in [0.25, 0.3) is 0 Å². The molecule has 0 amide bonds. The maximum absolute atomic E-state index is 9.78. The van der Waals surface area contributed by atoms with Crippen LogP contribution in [0.25, 0.3) is 0 Å². The molecule has 2 atom stereocenters. The van der Waals surface area contributed by atoms with Gasteiger partial charge in [0.05, 0.1) is 0 Å². The summed E-state index contributed by atoms with van der Waals surface area (Å²) in [5.41, 5.74) is 0. The maximum atomic E-state index is 9.78. The topological polar surface area (TPSA) is 17.1 Å². The van der Waals surface area contributed by atoms with Gasteiger partial charge in [0, 0.05) is 4.83 Å². The van der Waals surface area contributed by atoms with Gasteiger partial charge < -0.3 is 4.79 Å². The van der Waals surface area contributed by atoms with Crippen molar-refractivity contribution in [2.24, 2.45) is 0 Å². The highest BCUT2D eigenvalue weighted by Crippen LogP contribution is 2.07. The SMILES string of the molecule is C[C@H](Br)[C@H](Cl)C=O. The summed E-state index contributed by atoms with van der Waals surface area (Å²) in [4.78, 5) is 9.86. The van der Waals surface area contributed by atoms with E-state index >= 15 is 0 Å². The standard InChI is InChI=1S/C4H6BrClO/c1-3(5)4(6)2-7/h2-4H,1H3/t3-,4+/m0/s1. The number of halogens is 2. The fourth-order valence-corrected chi connectivity index (χ4v) is 0.233. The summed E-state index contributed by atoms with van der Waals surface area (Å²) in [5.74, 6) is 0. The predicted octanol–water partition coefficient (Wildman–Crippen LogP) is 1.58. The van der Waals surface area contributed by atoms with Gasteiger partial charge in [-0.25, -0.2) is 0 Å². The van der Waals surface area contributed by atoms with E-state index in [0.717, 1.165) is 0 Å². The Balaban J connectivity index is 3.33. The van der Waals surface area contributed by atoms with Crippen LogP contribution in [0, 0.1) is 0 Å². The Bertz CT molecular complexity index is 64.7. The van der Waals surface area contributed by atoms with E-state index in [2.05, 4.69) is 15.9 Å². The molecule has 0 unspecified atom stereocenters. The number of hydrogen-bond acceptors (Lipinski definition) is 1. The van der Waals surface area contributed by atoms with Gasteiger partial charge in [-0.15, -0.1) is 11.6 Å². The molecule has 0 N–H and O–H groups in total. The van der Waals surface area contributed by atoms with Gasteiger partial charge in [-0.2, -0.15) is 0 Å². The van der Waals surface area contributed by atoms with Crippen LogP contribution in [-0.2, 0) is 4.79 Å². The van der Waals surface area contributed by atoms with Gasteiger partial charge in [-0.1, -0.05) is 22.9 Å². The van der Waals surface area contributed by atoms with Gasteiger partial charge in [0.2, 0.25) is 0 Å². The van der Waals surface area contributed by atoms with E-state index in [1.165, 1.54) is 0 Å². The number of aldehydes is 1. The minimum Gasteiger partial charge on any atom is -0.302 e. The number of alkyl halides is 2. The van der Waals surface area contributed by atoms with Crippen molar-refractivity contribution in [3.63, 3.8) is 0 Å². The van der Waals surface area contributed by atoms with E-state index in [4.69, 9.17) is 11.6 Å². The Kier molecular flexibility index (Phi) is 3.66. The lowest BCUT2D eigenvalue weighted by molar-refractivity contribution is -0.107. The van der Waals surface area contributed by atoms with Crippen LogP contribution < -0.4 is 0 Å². The molecule has 42 valence electrons. The molecule has 0 saturated heterocycles. The molecule has 0 aliphatic rings. The molecule has 0 aliphatic carbocycles. The van der Waals surface area contributed by atoms with Crippen LogP contribution in [0.15, 0.2) is 0 Å². The van der Waals surface area contributed by atoms with E-state index in [1.54, 1.807) is 0 Å². The molecular formula is C4H6BrClO. The first-order valence-corrected chi connectivity index (χ1v) is 3.27. The van der Waals surface area contributed by atoms with Crippen molar-refractivity contribution < 1.29 is 4.79 Å². The summed E-state index contributed by atoms with van der Waals surface area (Å²) in [5, 5.41) is -0.389. The minimum atomic E-state index is -0.389. The molecule has 0 aliphatic heterocycles. The molecule has 1 nitrogen and oxygen atoms in total. The van der Waals surface area contributed by atoms with E-state index < -0.39 is 0 Å². The zero-order valence-electron chi connectivity index (χ0n) is 3.90. The first-order valence-electron chi connectivity index (χ1n) is 1.92. The Hall–Kier alpha value is 0.440. The molecule has 0 rings (SSSR count). The molecule has 0 bridgehead atoms. The molecule has 0 aromatic rings. The minimum absolute atomic E-state index is 0.0756. The molecule has 0 spiro atoms. The van der Waals surface area contributed by atoms with Crippen LogP contribution in [0.5, 0.6) is 0 Å². The zero-order valence-corrected chi connectivity index (χ0v) is 6.24. The first kappa shape index (κ1) is 7.44. The third kappa shape index (κ3) is 3.06. The van der Waals surface area contributed by atoms with Gasteiger partial charge in [0.1, 0.15) is 11.7 Å². The number of carbonyl (C=O) groups excluding carboxylic acids is 1.